The summed E-state index contributed by atoms with van der Waals surface area (Å²) in [6, 6.07) is 7.94. The minimum atomic E-state index is -0.200. The van der Waals surface area contributed by atoms with Gasteiger partial charge in [-0.15, -0.1) is 0 Å². The molecule has 1 aliphatic heterocycles. The van der Waals surface area contributed by atoms with Crippen LogP contribution in [0.1, 0.15) is 19.8 Å². The summed E-state index contributed by atoms with van der Waals surface area (Å²) in [5.41, 5.74) is 1.89. The Hall–Kier alpha value is -1.17. The number of para-hydroxylation sites is 2. The number of aliphatic hydroxyl groups is 1. The first-order chi connectivity index (χ1) is 9.65. The Labute approximate surface area is 123 Å². The number of nitrogens with zero attached hydrogens (tertiary/aromatic N) is 2. The molecule has 20 heavy (non-hydrogen) atoms. The van der Waals surface area contributed by atoms with E-state index < -0.39 is 0 Å². The number of hydrogen-bond donors (Lipinski definition) is 1. The molecule has 1 aromatic heterocycles. The molecule has 1 fully saturated rings. The van der Waals surface area contributed by atoms with Gasteiger partial charge >= 0.3 is 0 Å². The monoisotopic (exact) mass is 292 g/mol. The van der Waals surface area contributed by atoms with Crippen LogP contribution >= 0.6 is 12.2 Å². The van der Waals surface area contributed by atoms with Gasteiger partial charge in [-0.25, -0.2) is 0 Å². The average molecular weight is 292 g/mol. The summed E-state index contributed by atoms with van der Waals surface area (Å²) < 4.78 is 7.66. The molecule has 1 saturated heterocycles. The van der Waals surface area contributed by atoms with Crippen LogP contribution in [0.5, 0.6) is 0 Å². The fraction of sp³-hybridized carbons (Fsp3) is 0.533. The van der Waals surface area contributed by atoms with Gasteiger partial charge in [0.2, 0.25) is 0 Å². The molecule has 0 amide bonds. The van der Waals surface area contributed by atoms with E-state index in [1.165, 1.54) is 0 Å². The largest absolute Gasteiger partial charge is 0.429 e. The molecule has 2 heterocycles. The molecule has 0 radical (unpaired) electrons. The third kappa shape index (κ3) is 2.66. The van der Waals surface area contributed by atoms with Crippen molar-refractivity contribution in [2.45, 2.75) is 32.5 Å². The van der Waals surface area contributed by atoms with Gasteiger partial charge in [-0.05, 0) is 50.0 Å². The molecule has 0 spiro atoms. The van der Waals surface area contributed by atoms with Crippen molar-refractivity contribution < 1.29 is 9.52 Å². The van der Waals surface area contributed by atoms with Crippen molar-refractivity contribution in [1.82, 2.24) is 9.47 Å². The molecule has 1 atom stereocenters. The van der Waals surface area contributed by atoms with Gasteiger partial charge in [0.05, 0.1) is 18.3 Å². The van der Waals surface area contributed by atoms with Crippen molar-refractivity contribution in [1.29, 1.82) is 0 Å². The number of oxazole rings is 1. The van der Waals surface area contributed by atoms with Gasteiger partial charge in [0.25, 0.3) is 4.84 Å². The van der Waals surface area contributed by atoms with E-state index in [9.17, 15) is 5.11 Å². The molecule has 2 aromatic rings. The van der Waals surface area contributed by atoms with Crippen molar-refractivity contribution in [3.05, 3.63) is 29.1 Å². The molecule has 1 aromatic carbocycles. The van der Waals surface area contributed by atoms with E-state index in [-0.39, 0.29) is 6.10 Å². The smallest absolute Gasteiger partial charge is 0.270 e. The van der Waals surface area contributed by atoms with Crippen LogP contribution in [0.2, 0.25) is 0 Å². The summed E-state index contributed by atoms with van der Waals surface area (Å²) in [6.07, 6.45) is 1.88. The van der Waals surface area contributed by atoms with Gasteiger partial charge in [0.15, 0.2) is 5.58 Å². The van der Waals surface area contributed by atoms with Gasteiger partial charge in [-0.1, -0.05) is 12.1 Å². The quantitative estimate of drug-likeness (QED) is 0.883. The predicted molar refractivity (Wildman–Crippen MR) is 81.0 cm³/mol. The third-order valence-corrected chi connectivity index (χ3v) is 4.53. The number of likely N-dealkylation sites (tertiary alicyclic amines) is 1. The van der Waals surface area contributed by atoms with Gasteiger partial charge < -0.3 is 9.52 Å². The highest BCUT2D eigenvalue weighted by Crippen LogP contribution is 2.23. The lowest BCUT2D eigenvalue weighted by Gasteiger charge is -2.33. The van der Waals surface area contributed by atoms with Crippen molar-refractivity contribution in [3.8, 4) is 0 Å². The molecule has 3 rings (SSSR count). The summed E-state index contributed by atoms with van der Waals surface area (Å²) in [5, 5.41) is 9.65. The van der Waals surface area contributed by atoms with Crippen LogP contribution in [0.15, 0.2) is 28.7 Å². The summed E-state index contributed by atoms with van der Waals surface area (Å²) in [4.78, 5) is 2.90. The molecular formula is C15H20N2O2S. The highest BCUT2D eigenvalue weighted by molar-refractivity contribution is 7.71. The van der Waals surface area contributed by atoms with Crippen molar-refractivity contribution >= 4 is 23.3 Å². The average Bonchev–Trinajstić information content (AvgIpc) is 2.76. The molecule has 108 valence electrons. The first-order valence-electron chi connectivity index (χ1n) is 7.14. The van der Waals surface area contributed by atoms with Crippen LogP contribution < -0.4 is 0 Å². The van der Waals surface area contributed by atoms with Crippen LogP contribution in [0.3, 0.4) is 0 Å². The second-order valence-electron chi connectivity index (χ2n) is 5.60. The number of hydrogen-bond acceptors (Lipinski definition) is 4. The predicted octanol–water partition coefficient (Wildman–Crippen LogP) is 3.01. The lowest BCUT2D eigenvalue weighted by Crippen LogP contribution is -2.37. The Morgan fingerprint density at radius 2 is 2.05 bits per heavy atom. The summed E-state index contributed by atoms with van der Waals surface area (Å²) in [7, 11) is 0. The normalized spacial score (nSPS) is 19.5. The maximum absolute atomic E-state index is 9.65. The third-order valence-electron chi connectivity index (χ3n) is 4.23. The zero-order valence-corrected chi connectivity index (χ0v) is 12.5. The minimum absolute atomic E-state index is 0.200. The van der Waals surface area contributed by atoms with E-state index in [0.29, 0.717) is 10.8 Å². The van der Waals surface area contributed by atoms with Gasteiger partial charge in [-0.2, -0.15) is 0 Å². The maximum Gasteiger partial charge on any atom is 0.270 e. The van der Waals surface area contributed by atoms with Crippen LogP contribution in [0.25, 0.3) is 11.1 Å². The Morgan fingerprint density at radius 3 is 2.75 bits per heavy atom. The Kier molecular flexibility index (Phi) is 3.92. The molecule has 1 aliphatic rings. The Bertz CT molecular complexity index is 639. The SMILES string of the molecule is CC(O)C1CCN(Cn2c(=S)oc3ccccc32)CC1. The fourth-order valence-electron chi connectivity index (χ4n) is 2.92. The van der Waals surface area contributed by atoms with Crippen LogP contribution in [0.4, 0.5) is 0 Å². The zero-order valence-electron chi connectivity index (χ0n) is 11.7. The zero-order chi connectivity index (χ0) is 14.1. The number of rotatable bonds is 3. The fourth-order valence-corrected chi connectivity index (χ4v) is 3.17. The lowest BCUT2D eigenvalue weighted by atomic mass is 9.92. The van der Waals surface area contributed by atoms with Crippen molar-refractivity contribution in [3.63, 3.8) is 0 Å². The minimum Gasteiger partial charge on any atom is -0.429 e. The van der Waals surface area contributed by atoms with Gasteiger partial charge in [0, 0.05) is 13.1 Å². The summed E-state index contributed by atoms with van der Waals surface area (Å²) >= 11 is 5.32. The number of aromatic nitrogens is 1. The van der Waals surface area contributed by atoms with Gasteiger partial charge in [0.1, 0.15) is 0 Å². The molecule has 0 aliphatic carbocycles. The molecule has 5 heteroatoms. The standard InChI is InChI=1S/C15H20N2O2S/c1-11(18)12-6-8-16(9-7-12)10-17-13-4-2-3-5-14(13)19-15(17)20/h2-5,11-12,18H,6-10H2,1H3. The first kappa shape index (κ1) is 13.8. The molecular weight excluding hydrogens is 272 g/mol. The second kappa shape index (κ2) is 5.68. The molecule has 4 nitrogen and oxygen atoms in total. The summed E-state index contributed by atoms with van der Waals surface area (Å²) in [6.45, 7) is 4.65. The number of piperidine rings is 1. The van der Waals surface area contributed by atoms with E-state index in [0.717, 1.165) is 43.7 Å². The van der Waals surface area contributed by atoms with E-state index in [2.05, 4.69) is 4.90 Å². The maximum atomic E-state index is 9.65. The Balaban J connectivity index is 1.75. The van der Waals surface area contributed by atoms with E-state index in [1.807, 2.05) is 35.8 Å². The highest BCUT2D eigenvalue weighted by atomic mass is 32.1. The van der Waals surface area contributed by atoms with Crippen LogP contribution in [-0.4, -0.2) is 33.8 Å². The lowest BCUT2D eigenvalue weighted by molar-refractivity contribution is 0.0612. The first-order valence-corrected chi connectivity index (χ1v) is 7.55. The Morgan fingerprint density at radius 1 is 1.35 bits per heavy atom. The molecule has 1 N–H and O–H groups in total. The second-order valence-corrected chi connectivity index (χ2v) is 5.95. The van der Waals surface area contributed by atoms with Crippen LogP contribution in [-0.2, 0) is 6.67 Å². The molecule has 0 saturated carbocycles. The molecule has 1 unspecified atom stereocenters. The van der Waals surface area contributed by atoms with E-state index in [4.69, 9.17) is 16.6 Å². The van der Waals surface area contributed by atoms with Crippen molar-refractivity contribution in [2.75, 3.05) is 13.1 Å². The van der Waals surface area contributed by atoms with E-state index >= 15 is 0 Å². The highest BCUT2D eigenvalue weighted by Gasteiger charge is 2.23. The number of fused-ring (bicyclic) bond motifs is 1. The van der Waals surface area contributed by atoms with Crippen LogP contribution in [0, 0.1) is 10.8 Å². The topological polar surface area (TPSA) is 41.5 Å². The number of benzene rings is 1. The van der Waals surface area contributed by atoms with E-state index in [1.54, 1.807) is 0 Å². The summed E-state index contributed by atoms with van der Waals surface area (Å²) in [5.74, 6) is 0.431. The molecule has 0 bridgehead atoms. The van der Waals surface area contributed by atoms with Crippen molar-refractivity contribution in [2.24, 2.45) is 5.92 Å². The number of aliphatic hydroxyl groups excluding tert-OH is 1. The van der Waals surface area contributed by atoms with Gasteiger partial charge in [-0.3, -0.25) is 9.47 Å².